The van der Waals surface area contributed by atoms with Crippen molar-refractivity contribution >= 4 is 22.6 Å². The van der Waals surface area contributed by atoms with Crippen molar-refractivity contribution < 1.29 is 9.32 Å². The van der Waals surface area contributed by atoms with Gasteiger partial charge in [0.1, 0.15) is 10.2 Å². The summed E-state index contributed by atoms with van der Waals surface area (Å²) in [7, 11) is -0.993. The van der Waals surface area contributed by atoms with Gasteiger partial charge in [-0.2, -0.15) is 0 Å². The Morgan fingerprint density at radius 1 is 1.47 bits per heavy atom. The maximum atomic E-state index is 12.1. The molecule has 86 valence electrons. The van der Waals surface area contributed by atoms with E-state index in [4.69, 9.17) is 0 Å². The van der Waals surface area contributed by atoms with Crippen molar-refractivity contribution in [2.75, 3.05) is 11.5 Å². The third-order valence-corrected chi connectivity index (χ3v) is 6.33. The van der Waals surface area contributed by atoms with Gasteiger partial charge in [-0.05, 0) is 26.0 Å². The second-order valence-electron chi connectivity index (χ2n) is 3.44. The van der Waals surface area contributed by atoms with Gasteiger partial charge >= 0.3 is 0 Å². The molecule has 0 amide bonds. The van der Waals surface area contributed by atoms with E-state index in [1.807, 2.05) is 32.1 Å². The average molecular weight is 246 g/mol. The Labute approximate surface area is 98.3 Å². The normalized spacial score (nSPS) is 35.0. The largest absolute Gasteiger partial charge is 0.386 e. The van der Waals surface area contributed by atoms with Crippen LogP contribution >= 0.6 is 11.8 Å². The van der Waals surface area contributed by atoms with Crippen LogP contribution in [0.5, 0.6) is 0 Å². The minimum Gasteiger partial charge on any atom is -0.386 e. The van der Waals surface area contributed by atoms with Gasteiger partial charge in [0.2, 0.25) is 0 Å². The predicted octanol–water partition coefficient (Wildman–Crippen LogP) is 2.08. The first kappa shape index (κ1) is 13.0. The summed E-state index contributed by atoms with van der Waals surface area (Å²) in [5.74, 6) is 1.65. The summed E-state index contributed by atoms with van der Waals surface area (Å²) in [6, 6.07) is 0. The zero-order valence-corrected chi connectivity index (χ0v) is 10.8. The van der Waals surface area contributed by atoms with Crippen molar-refractivity contribution in [2.24, 2.45) is 0 Å². The molecule has 1 saturated heterocycles. The fourth-order valence-electron chi connectivity index (χ4n) is 1.64. The Hall–Kier alpha value is -0.0600. The molecule has 0 saturated carbocycles. The third kappa shape index (κ3) is 2.74. The molecule has 1 rings (SSSR count). The Morgan fingerprint density at radius 2 is 2.20 bits per heavy atom. The molecular weight excluding hydrogens is 228 g/mol. The number of allylic oxidation sites excluding steroid dienone is 2. The van der Waals surface area contributed by atoms with Crippen molar-refractivity contribution in [1.29, 1.82) is 0 Å². The van der Waals surface area contributed by atoms with Gasteiger partial charge in [-0.3, -0.25) is 4.21 Å². The second-order valence-corrected chi connectivity index (χ2v) is 6.85. The van der Waals surface area contributed by atoms with Crippen LogP contribution in [-0.2, 0) is 10.8 Å². The van der Waals surface area contributed by atoms with Crippen molar-refractivity contribution in [3.63, 3.8) is 0 Å². The van der Waals surface area contributed by atoms with Crippen LogP contribution in [0, 0.1) is 0 Å². The maximum Gasteiger partial charge on any atom is 0.138 e. The van der Waals surface area contributed by atoms with Crippen LogP contribution in [0.4, 0.5) is 0 Å². The Bertz CT molecular complexity index is 286. The van der Waals surface area contributed by atoms with Gasteiger partial charge in [0.25, 0.3) is 0 Å². The monoisotopic (exact) mass is 246 g/mol. The topological polar surface area (TPSA) is 37.3 Å². The summed E-state index contributed by atoms with van der Waals surface area (Å²) in [5, 5.41) is 10.1. The molecule has 0 aromatic heterocycles. The molecule has 0 aliphatic carbocycles. The van der Waals surface area contributed by atoms with Gasteiger partial charge in [-0.25, -0.2) is 0 Å². The van der Waals surface area contributed by atoms with Gasteiger partial charge in [0, 0.05) is 16.6 Å². The number of aliphatic hydroxyl groups is 1. The van der Waals surface area contributed by atoms with Crippen LogP contribution in [-0.4, -0.2) is 31.0 Å². The number of rotatable bonds is 3. The summed E-state index contributed by atoms with van der Waals surface area (Å²) >= 11 is 1.60. The highest BCUT2D eigenvalue weighted by Gasteiger charge is 2.42. The molecule has 1 fully saturated rings. The molecule has 0 aromatic carbocycles. The van der Waals surface area contributed by atoms with Gasteiger partial charge in [0.05, 0.1) is 0 Å². The van der Waals surface area contributed by atoms with Crippen molar-refractivity contribution in [1.82, 2.24) is 0 Å². The van der Waals surface area contributed by atoms with Gasteiger partial charge < -0.3 is 5.11 Å². The Balaban J connectivity index is 2.99. The van der Waals surface area contributed by atoms with Gasteiger partial charge in [-0.1, -0.05) is 24.3 Å². The Morgan fingerprint density at radius 3 is 2.73 bits per heavy atom. The molecule has 2 nitrogen and oxygen atoms in total. The summed E-state index contributed by atoms with van der Waals surface area (Å²) in [5.41, 5.74) is 0. The van der Waals surface area contributed by atoms with E-state index in [-0.39, 0.29) is 0 Å². The summed E-state index contributed by atoms with van der Waals surface area (Å²) in [4.78, 5) is 0. The van der Waals surface area contributed by atoms with E-state index >= 15 is 0 Å². The minimum absolute atomic E-state index is 0.625. The van der Waals surface area contributed by atoms with E-state index in [1.54, 1.807) is 17.8 Å². The molecule has 0 spiro atoms. The fourth-order valence-corrected chi connectivity index (χ4v) is 5.30. The fraction of sp³-hybridized carbons (Fsp3) is 0.636. The molecule has 0 bridgehead atoms. The highest BCUT2D eigenvalue weighted by atomic mass is 32.2. The number of thioether (sulfide) groups is 1. The minimum atomic E-state index is -0.993. The van der Waals surface area contributed by atoms with Crippen LogP contribution in [0.3, 0.4) is 0 Å². The van der Waals surface area contributed by atoms with E-state index < -0.39 is 21.0 Å². The predicted molar refractivity (Wildman–Crippen MR) is 68.5 cm³/mol. The summed E-state index contributed by atoms with van der Waals surface area (Å²) in [6.45, 7) is 3.76. The lowest BCUT2D eigenvalue weighted by Gasteiger charge is -2.35. The lowest BCUT2D eigenvalue weighted by molar-refractivity contribution is 0.220. The highest BCUT2D eigenvalue weighted by molar-refractivity contribution is 8.13. The zero-order chi connectivity index (χ0) is 11.3. The molecule has 1 aliphatic heterocycles. The van der Waals surface area contributed by atoms with E-state index in [9.17, 15) is 9.32 Å². The molecule has 1 N–H and O–H groups in total. The number of hydrogen-bond acceptors (Lipinski definition) is 3. The quantitative estimate of drug-likeness (QED) is 0.775. The van der Waals surface area contributed by atoms with Gasteiger partial charge in [-0.15, -0.1) is 11.8 Å². The highest BCUT2D eigenvalue weighted by Crippen LogP contribution is 2.39. The standard InChI is InChI=1S/C11H18O2S2/c1-3-6-10(12)11(7-4-2)14-8-5-9-15(11)13/h3-4,6-7,10,12H,5,8-9H2,1-2H3/b6-3-,7-4+/t10-,11-,15?/m0/s1. The van der Waals surface area contributed by atoms with Crippen LogP contribution < -0.4 is 0 Å². The van der Waals surface area contributed by atoms with Crippen LogP contribution in [0.1, 0.15) is 20.3 Å². The average Bonchev–Trinajstić information content (AvgIpc) is 2.22. The first-order valence-electron chi connectivity index (χ1n) is 5.14. The molecule has 1 unspecified atom stereocenters. The summed E-state index contributed by atoms with van der Waals surface area (Å²) < 4.78 is 11.4. The second kappa shape index (κ2) is 5.87. The molecular formula is C11H18O2S2. The van der Waals surface area contributed by atoms with E-state index in [1.165, 1.54) is 0 Å². The molecule has 1 aliphatic rings. The zero-order valence-electron chi connectivity index (χ0n) is 9.18. The van der Waals surface area contributed by atoms with E-state index in [0.29, 0.717) is 5.75 Å². The Kier molecular flexibility index (Phi) is 5.09. The van der Waals surface area contributed by atoms with Crippen molar-refractivity contribution in [2.45, 2.75) is 30.5 Å². The van der Waals surface area contributed by atoms with Crippen LogP contribution in [0.25, 0.3) is 0 Å². The van der Waals surface area contributed by atoms with Crippen molar-refractivity contribution in [3.8, 4) is 0 Å². The van der Waals surface area contributed by atoms with E-state index in [0.717, 1.165) is 12.2 Å². The van der Waals surface area contributed by atoms with Crippen LogP contribution in [0.2, 0.25) is 0 Å². The molecule has 0 aromatic rings. The number of hydrogen-bond donors (Lipinski definition) is 1. The lowest BCUT2D eigenvalue weighted by atomic mass is 10.2. The molecule has 15 heavy (non-hydrogen) atoms. The van der Waals surface area contributed by atoms with E-state index in [2.05, 4.69) is 0 Å². The van der Waals surface area contributed by atoms with Crippen molar-refractivity contribution in [3.05, 3.63) is 24.3 Å². The molecule has 3 atom stereocenters. The van der Waals surface area contributed by atoms with Gasteiger partial charge in [0.15, 0.2) is 0 Å². The summed E-state index contributed by atoms with van der Waals surface area (Å²) in [6.07, 6.45) is 7.60. The maximum absolute atomic E-state index is 12.1. The SMILES string of the molecule is C/C=C\[C@H](O)[C@@]1(/C=C/C)SCCCS1=O. The van der Waals surface area contributed by atoms with Crippen LogP contribution in [0.15, 0.2) is 24.3 Å². The lowest BCUT2D eigenvalue weighted by Crippen LogP contribution is -2.44. The molecule has 4 heteroatoms. The third-order valence-electron chi connectivity index (χ3n) is 2.34. The first-order valence-corrected chi connectivity index (χ1v) is 7.45. The number of aliphatic hydroxyl groups excluding tert-OH is 1. The smallest absolute Gasteiger partial charge is 0.138 e. The molecule has 0 radical (unpaired) electrons. The first-order chi connectivity index (χ1) is 7.17. The molecule has 1 heterocycles.